The number of ether oxygens (including phenoxy) is 3. The third-order valence-corrected chi connectivity index (χ3v) is 3.52. The average molecular weight is 294 g/mol. The lowest BCUT2D eigenvalue weighted by Gasteiger charge is -2.31. The van der Waals surface area contributed by atoms with Crippen LogP contribution in [0.2, 0.25) is 0 Å². The Kier molecular flexibility index (Phi) is 6.63. The second-order valence-corrected chi connectivity index (χ2v) is 4.97. The zero-order valence-corrected chi connectivity index (χ0v) is 13.1. The molecule has 0 amide bonds. The van der Waals surface area contributed by atoms with Crippen LogP contribution in [0.4, 0.5) is 5.69 Å². The Morgan fingerprint density at radius 2 is 2.00 bits per heavy atom. The van der Waals surface area contributed by atoms with Gasteiger partial charge >= 0.3 is 0 Å². The van der Waals surface area contributed by atoms with Crippen molar-refractivity contribution in [2.75, 3.05) is 58.0 Å². The molecule has 2 rings (SSSR count). The molecule has 1 N–H and O–H groups in total. The van der Waals surface area contributed by atoms with Crippen molar-refractivity contribution in [1.29, 1.82) is 0 Å². The summed E-state index contributed by atoms with van der Waals surface area (Å²) in [6, 6.07) is 6.00. The van der Waals surface area contributed by atoms with E-state index in [1.807, 2.05) is 19.1 Å². The molecule has 0 unspecified atom stereocenters. The molecule has 1 heterocycles. The molecule has 21 heavy (non-hydrogen) atoms. The highest BCUT2D eigenvalue weighted by Crippen LogP contribution is 2.32. The molecule has 1 aromatic rings. The van der Waals surface area contributed by atoms with Crippen molar-refractivity contribution in [1.82, 2.24) is 5.32 Å². The lowest BCUT2D eigenvalue weighted by Crippen LogP contribution is -2.43. The van der Waals surface area contributed by atoms with Gasteiger partial charge in [0.15, 0.2) is 0 Å². The van der Waals surface area contributed by atoms with Crippen LogP contribution < -0.4 is 19.7 Å². The molecule has 0 atom stereocenters. The van der Waals surface area contributed by atoms with E-state index in [9.17, 15) is 0 Å². The summed E-state index contributed by atoms with van der Waals surface area (Å²) in [6.45, 7) is 8.16. The number of nitrogens with one attached hydrogen (secondary N) is 1. The highest BCUT2D eigenvalue weighted by atomic mass is 16.5. The molecule has 0 bridgehead atoms. The summed E-state index contributed by atoms with van der Waals surface area (Å²) in [7, 11) is 1.69. The number of hydrogen-bond donors (Lipinski definition) is 1. The predicted molar refractivity (Wildman–Crippen MR) is 84.7 cm³/mol. The molecule has 5 nitrogen and oxygen atoms in total. The summed E-state index contributed by atoms with van der Waals surface area (Å²) in [5, 5.41) is 3.37. The summed E-state index contributed by atoms with van der Waals surface area (Å²) >= 11 is 0. The van der Waals surface area contributed by atoms with Crippen LogP contribution in [0, 0.1) is 0 Å². The monoisotopic (exact) mass is 294 g/mol. The van der Waals surface area contributed by atoms with E-state index in [4.69, 9.17) is 14.2 Å². The van der Waals surface area contributed by atoms with Crippen LogP contribution in [-0.4, -0.2) is 53.1 Å². The van der Waals surface area contributed by atoms with Gasteiger partial charge in [0, 0.05) is 51.9 Å². The van der Waals surface area contributed by atoms with Crippen LogP contribution in [0.1, 0.15) is 13.3 Å². The molecule has 0 aliphatic carbocycles. The fraction of sp³-hybridized carbons (Fsp3) is 0.625. The fourth-order valence-electron chi connectivity index (χ4n) is 2.39. The van der Waals surface area contributed by atoms with Gasteiger partial charge in [-0.2, -0.15) is 0 Å². The zero-order valence-electron chi connectivity index (χ0n) is 13.1. The van der Waals surface area contributed by atoms with Crippen molar-refractivity contribution in [3.05, 3.63) is 18.2 Å². The van der Waals surface area contributed by atoms with Gasteiger partial charge < -0.3 is 24.4 Å². The topological polar surface area (TPSA) is 43.0 Å². The summed E-state index contributed by atoms with van der Waals surface area (Å²) in [4.78, 5) is 2.34. The molecule has 118 valence electrons. The van der Waals surface area contributed by atoms with Crippen LogP contribution in [0.15, 0.2) is 18.2 Å². The molecule has 1 saturated heterocycles. The number of rotatable bonds is 8. The van der Waals surface area contributed by atoms with Gasteiger partial charge in [0.2, 0.25) is 0 Å². The van der Waals surface area contributed by atoms with Gasteiger partial charge in [0.25, 0.3) is 0 Å². The van der Waals surface area contributed by atoms with Gasteiger partial charge in [-0.15, -0.1) is 0 Å². The Bertz CT molecular complexity index is 420. The lowest BCUT2D eigenvalue weighted by atomic mass is 10.2. The van der Waals surface area contributed by atoms with Gasteiger partial charge in [0.1, 0.15) is 11.5 Å². The molecule has 5 heteroatoms. The number of piperazine rings is 1. The van der Waals surface area contributed by atoms with Crippen LogP contribution in [0.25, 0.3) is 0 Å². The highest BCUT2D eigenvalue weighted by molar-refractivity contribution is 5.62. The Morgan fingerprint density at radius 3 is 2.71 bits per heavy atom. The fourth-order valence-corrected chi connectivity index (χ4v) is 2.39. The minimum Gasteiger partial charge on any atom is -0.497 e. The van der Waals surface area contributed by atoms with E-state index >= 15 is 0 Å². The van der Waals surface area contributed by atoms with Crippen molar-refractivity contribution in [2.45, 2.75) is 13.3 Å². The summed E-state index contributed by atoms with van der Waals surface area (Å²) in [6.07, 6.45) is 0.904. The first-order chi connectivity index (χ1) is 10.3. The summed E-state index contributed by atoms with van der Waals surface area (Å²) in [5.74, 6) is 1.79. The second-order valence-electron chi connectivity index (χ2n) is 4.97. The maximum atomic E-state index is 5.94. The van der Waals surface area contributed by atoms with Crippen LogP contribution in [0.3, 0.4) is 0 Å². The summed E-state index contributed by atoms with van der Waals surface area (Å²) < 4.78 is 16.6. The van der Waals surface area contributed by atoms with E-state index < -0.39 is 0 Å². The van der Waals surface area contributed by atoms with Crippen LogP contribution in [0.5, 0.6) is 11.5 Å². The molecule has 1 aromatic carbocycles. The van der Waals surface area contributed by atoms with E-state index in [1.54, 1.807) is 7.11 Å². The summed E-state index contributed by atoms with van der Waals surface area (Å²) in [5.41, 5.74) is 1.12. The predicted octanol–water partition coefficient (Wildman–Crippen LogP) is 1.91. The van der Waals surface area contributed by atoms with Crippen molar-refractivity contribution >= 4 is 5.69 Å². The standard InChI is InChI=1S/C16H26N2O3/c1-3-20-11-4-12-21-16-6-5-14(19-2)13-15(16)18-9-7-17-8-10-18/h5-6,13,17H,3-4,7-12H2,1-2H3. The Morgan fingerprint density at radius 1 is 1.19 bits per heavy atom. The largest absolute Gasteiger partial charge is 0.497 e. The highest BCUT2D eigenvalue weighted by Gasteiger charge is 2.16. The second kappa shape index (κ2) is 8.74. The first-order valence-electron chi connectivity index (χ1n) is 7.69. The average Bonchev–Trinajstić information content (AvgIpc) is 2.55. The van der Waals surface area contributed by atoms with E-state index in [0.717, 1.165) is 63.0 Å². The molecule has 0 spiro atoms. The maximum Gasteiger partial charge on any atom is 0.142 e. The maximum absolute atomic E-state index is 5.94. The Balaban J connectivity index is 2.00. The van der Waals surface area contributed by atoms with Gasteiger partial charge in [-0.25, -0.2) is 0 Å². The third-order valence-electron chi connectivity index (χ3n) is 3.52. The molecule has 1 aliphatic heterocycles. The van der Waals surface area contributed by atoms with Gasteiger partial charge in [-0.05, 0) is 19.1 Å². The first kappa shape index (κ1) is 15.9. The molecule has 0 saturated carbocycles. The number of anilines is 1. The molecular formula is C16H26N2O3. The minimum atomic E-state index is 0.672. The van der Waals surface area contributed by atoms with Gasteiger partial charge in [-0.3, -0.25) is 0 Å². The van der Waals surface area contributed by atoms with Crippen LogP contribution >= 0.6 is 0 Å². The van der Waals surface area contributed by atoms with E-state index in [2.05, 4.69) is 16.3 Å². The molecule has 1 aliphatic rings. The van der Waals surface area contributed by atoms with E-state index in [-0.39, 0.29) is 0 Å². The Labute approximate surface area is 127 Å². The molecule has 1 fully saturated rings. The van der Waals surface area contributed by atoms with Crippen molar-refractivity contribution in [3.63, 3.8) is 0 Å². The minimum absolute atomic E-state index is 0.672. The van der Waals surface area contributed by atoms with Gasteiger partial charge in [0.05, 0.1) is 19.4 Å². The van der Waals surface area contributed by atoms with Crippen molar-refractivity contribution in [2.24, 2.45) is 0 Å². The number of hydrogen-bond acceptors (Lipinski definition) is 5. The molecule has 0 aromatic heterocycles. The lowest BCUT2D eigenvalue weighted by molar-refractivity contribution is 0.131. The quantitative estimate of drug-likeness (QED) is 0.742. The zero-order chi connectivity index (χ0) is 14.9. The van der Waals surface area contributed by atoms with Gasteiger partial charge in [-0.1, -0.05) is 0 Å². The Hall–Kier alpha value is -1.46. The van der Waals surface area contributed by atoms with E-state index in [1.165, 1.54) is 0 Å². The third kappa shape index (κ3) is 4.79. The molecule has 0 radical (unpaired) electrons. The number of benzene rings is 1. The van der Waals surface area contributed by atoms with Crippen molar-refractivity contribution < 1.29 is 14.2 Å². The normalized spacial score (nSPS) is 15.0. The SMILES string of the molecule is CCOCCCOc1ccc(OC)cc1N1CCNCC1. The number of nitrogens with zero attached hydrogens (tertiary/aromatic N) is 1. The number of methoxy groups -OCH3 is 1. The van der Waals surface area contributed by atoms with E-state index in [0.29, 0.717) is 6.61 Å². The smallest absolute Gasteiger partial charge is 0.142 e. The van der Waals surface area contributed by atoms with Crippen molar-refractivity contribution in [3.8, 4) is 11.5 Å². The van der Waals surface area contributed by atoms with Crippen LogP contribution in [-0.2, 0) is 4.74 Å². The first-order valence-corrected chi connectivity index (χ1v) is 7.69. The molecular weight excluding hydrogens is 268 g/mol.